The summed E-state index contributed by atoms with van der Waals surface area (Å²) in [5.41, 5.74) is 1.75. The van der Waals surface area contributed by atoms with E-state index in [1.165, 1.54) is 5.56 Å². The topological polar surface area (TPSA) is 94.8 Å². The second kappa shape index (κ2) is 14.0. The third-order valence-electron chi connectivity index (χ3n) is 6.27. The molecule has 0 saturated carbocycles. The van der Waals surface area contributed by atoms with Crippen molar-refractivity contribution in [1.29, 1.82) is 0 Å². The van der Waals surface area contributed by atoms with Crippen molar-refractivity contribution in [1.82, 2.24) is 0 Å². The molecule has 1 aromatic heterocycles. The van der Waals surface area contributed by atoms with E-state index in [-0.39, 0.29) is 34.9 Å². The molecule has 7 heteroatoms. The monoisotopic (exact) mass is 527 g/mol. The second-order valence-corrected chi connectivity index (χ2v) is 9.27. The van der Waals surface area contributed by atoms with Crippen molar-refractivity contribution in [3.05, 3.63) is 106 Å². The van der Waals surface area contributed by atoms with Gasteiger partial charge in [0.05, 0.1) is 24.3 Å². The van der Waals surface area contributed by atoms with Gasteiger partial charge in [0.1, 0.15) is 5.75 Å². The number of carbonyl (C=O) groups is 2. The third kappa shape index (κ3) is 7.80. The minimum absolute atomic E-state index is 0.120. The second-order valence-electron chi connectivity index (χ2n) is 9.27. The molecule has 7 nitrogen and oxygen atoms in total. The molecular formula is C32H33NO6. The van der Waals surface area contributed by atoms with Gasteiger partial charge in [0.2, 0.25) is 5.76 Å². The SMILES string of the molecule is CCCCCOC(=O)c1cc(=O)c2cccc(NC(=O)c3ccc(OCCCCc4ccccc4)cc3)c2o1. The minimum atomic E-state index is -0.707. The van der Waals surface area contributed by atoms with Crippen LogP contribution in [0.25, 0.3) is 11.0 Å². The number of aryl methyl sites for hydroxylation is 1. The maximum Gasteiger partial charge on any atom is 0.374 e. The standard InChI is InChI=1S/C32H33NO6/c1-2-3-8-21-38-32(36)29-22-28(34)26-14-10-15-27(30(26)39-29)33-31(35)24-16-18-25(19-17-24)37-20-9-7-13-23-11-5-4-6-12-23/h4-6,10-12,14-19,22H,2-3,7-9,13,20-21H2,1H3,(H,33,35). The fourth-order valence-corrected chi connectivity index (χ4v) is 4.13. The van der Waals surface area contributed by atoms with Crippen molar-refractivity contribution in [3.8, 4) is 5.75 Å². The highest BCUT2D eigenvalue weighted by Gasteiger charge is 2.17. The zero-order valence-corrected chi connectivity index (χ0v) is 22.1. The maximum absolute atomic E-state index is 12.9. The van der Waals surface area contributed by atoms with Crippen LogP contribution in [-0.4, -0.2) is 25.1 Å². The van der Waals surface area contributed by atoms with Crippen molar-refractivity contribution in [2.75, 3.05) is 18.5 Å². The maximum atomic E-state index is 12.9. The summed E-state index contributed by atoms with van der Waals surface area (Å²) in [5.74, 6) is -0.602. The lowest BCUT2D eigenvalue weighted by Crippen LogP contribution is -2.14. The number of carbonyl (C=O) groups excluding carboxylic acids is 2. The van der Waals surface area contributed by atoms with Gasteiger partial charge in [0.25, 0.3) is 5.91 Å². The Bertz CT molecular complexity index is 1440. The first kappa shape index (κ1) is 27.6. The van der Waals surface area contributed by atoms with Crippen molar-refractivity contribution < 1.29 is 23.5 Å². The highest BCUT2D eigenvalue weighted by molar-refractivity contribution is 6.08. The molecule has 1 N–H and O–H groups in total. The number of esters is 1. The molecule has 0 fully saturated rings. The van der Waals surface area contributed by atoms with Crippen LogP contribution >= 0.6 is 0 Å². The molecule has 4 aromatic rings. The molecule has 3 aromatic carbocycles. The Balaban J connectivity index is 1.36. The Labute approximate surface area is 227 Å². The molecule has 0 saturated heterocycles. The summed E-state index contributed by atoms with van der Waals surface area (Å²) in [6, 6.07) is 23.2. The first-order chi connectivity index (χ1) is 19.0. The summed E-state index contributed by atoms with van der Waals surface area (Å²) in [4.78, 5) is 38.0. The normalized spacial score (nSPS) is 10.8. The van der Waals surface area contributed by atoms with Crippen LogP contribution in [0.4, 0.5) is 5.69 Å². The average Bonchev–Trinajstić information content (AvgIpc) is 2.96. The lowest BCUT2D eigenvalue weighted by molar-refractivity contribution is 0.0462. The molecule has 39 heavy (non-hydrogen) atoms. The summed E-state index contributed by atoms with van der Waals surface area (Å²) < 4.78 is 16.8. The van der Waals surface area contributed by atoms with E-state index >= 15 is 0 Å². The van der Waals surface area contributed by atoms with E-state index < -0.39 is 11.4 Å². The van der Waals surface area contributed by atoms with Crippen LogP contribution in [0.3, 0.4) is 0 Å². The van der Waals surface area contributed by atoms with Gasteiger partial charge in [-0.1, -0.05) is 56.2 Å². The number of rotatable bonds is 13. The van der Waals surface area contributed by atoms with Gasteiger partial charge in [-0.05, 0) is 67.6 Å². The molecule has 0 aliphatic heterocycles. The van der Waals surface area contributed by atoms with Crippen LogP contribution in [0.15, 0.2) is 88.1 Å². The zero-order valence-electron chi connectivity index (χ0n) is 22.1. The number of ether oxygens (including phenoxy) is 2. The average molecular weight is 528 g/mol. The number of hydrogen-bond acceptors (Lipinski definition) is 6. The smallest absolute Gasteiger partial charge is 0.374 e. The summed E-state index contributed by atoms with van der Waals surface area (Å²) in [7, 11) is 0. The molecular weight excluding hydrogens is 494 g/mol. The Morgan fingerprint density at radius 1 is 0.846 bits per heavy atom. The molecule has 1 heterocycles. The Morgan fingerprint density at radius 3 is 2.38 bits per heavy atom. The number of benzene rings is 3. The van der Waals surface area contributed by atoms with Gasteiger partial charge in [-0.3, -0.25) is 9.59 Å². The quantitative estimate of drug-likeness (QED) is 0.152. The number of para-hydroxylation sites is 1. The lowest BCUT2D eigenvalue weighted by atomic mass is 10.1. The fraction of sp³-hybridized carbons (Fsp3) is 0.281. The van der Waals surface area contributed by atoms with E-state index in [9.17, 15) is 14.4 Å². The molecule has 1 amide bonds. The minimum Gasteiger partial charge on any atom is -0.494 e. The molecule has 0 aliphatic rings. The fourth-order valence-electron chi connectivity index (χ4n) is 4.13. The highest BCUT2D eigenvalue weighted by atomic mass is 16.5. The molecule has 0 atom stereocenters. The molecule has 0 bridgehead atoms. The number of nitrogens with one attached hydrogen (secondary N) is 1. The van der Waals surface area contributed by atoms with E-state index in [0.717, 1.165) is 44.6 Å². The van der Waals surface area contributed by atoms with Gasteiger partial charge in [-0.2, -0.15) is 0 Å². The van der Waals surface area contributed by atoms with Crippen molar-refractivity contribution in [2.24, 2.45) is 0 Å². The first-order valence-corrected chi connectivity index (χ1v) is 13.4. The predicted octanol–water partition coefficient (Wildman–Crippen LogP) is 6.79. The van der Waals surface area contributed by atoms with Crippen molar-refractivity contribution >= 4 is 28.5 Å². The molecule has 0 spiro atoms. The Hall–Kier alpha value is -4.39. The number of amides is 1. The van der Waals surface area contributed by atoms with Crippen LogP contribution in [0.1, 0.15) is 65.5 Å². The van der Waals surface area contributed by atoms with Gasteiger partial charge < -0.3 is 19.2 Å². The lowest BCUT2D eigenvalue weighted by Gasteiger charge is -2.10. The summed E-state index contributed by atoms with van der Waals surface area (Å²) in [5, 5.41) is 3.04. The van der Waals surface area contributed by atoms with Crippen molar-refractivity contribution in [3.63, 3.8) is 0 Å². The number of fused-ring (bicyclic) bond motifs is 1. The van der Waals surface area contributed by atoms with E-state index in [1.54, 1.807) is 42.5 Å². The Kier molecular flexibility index (Phi) is 9.89. The van der Waals surface area contributed by atoms with Crippen LogP contribution in [-0.2, 0) is 11.2 Å². The first-order valence-electron chi connectivity index (χ1n) is 13.4. The molecule has 0 unspecified atom stereocenters. The highest BCUT2D eigenvalue weighted by Crippen LogP contribution is 2.24. The largest absolute Gasteiger partial charge is 0.494 e. The van der Waals surface area contributed by atoms with E-state index in [1.807, 2.05) is 18.2 Å². The predicted molar refractivity (Wildman–Crippen MR) is 152 cm³/mol. The zero-order chi connectivity index (χ0) is 27.5. The van der Waals surface area contributed by atoms with E-state index in [2.05, 4.69) is 24.4 Å². The summed E-state index contributed by atoms with van der Waals surface area (Å²) >= 11 is 0. The molecule has 202 valence electrons. The summed E-state index contributed by atoms with van der Waals surface area (Å²) in [6.07, 6.45) is 5.64. The van der Waals surface area contributed by atoms with Gasteiger partial charge in [0.15, 0.2) is 11.0 Å². The number of unbranched alkanes of at least 4 members (excludes halogenated alkanes) is 3. The van der Waals surface area contributed by atoms with Gasteiger partial charge >= 0.3 is 5.97 Å². The van der Waals surface area contributed by atoms with Gasteiger partial charge in [-0.15, -0.1) is 0 Å². The van der Waals surface area contributed by atoms with Gasteiger partial charge in [-0.25, -0.2) is 4.79 Å². The molecule has 0 radical (unpaired) electrons. The number of hydrogen-bond donors (Lipinski definition) is 1. The molecule has 4 rings (SSSR count). The van der Waals surface area contributed by atoms with Crippen LogP contribution in [0.2, 0.25) is 0 Å². The van der Waals surface area contributed by atoms with E-state index in [4.69, 9.17) is 13.9 Å². The summed E-state index contributed by atoms with van der Waals surface area (Å²) in [6.45, 7) is 2.90. The molecule has 0 aliphatic carbocycles. The third-order valence-corrected chi connectivity index (χ3v) is 6.27. The van der Waals surface area contributed by atoms with Crippen LogP contribution in [0.5, 0.6) is 5.75 Å². The van der Waals surface area contributed by atoms with Gasteiger partial charge in [0, 0.05) is 11.6 Å². The van der Waals surface area contributed by atoms with Crippen LogP contribution in [0, 0.1) is 0 Å². The Morgan fingerprint density at radius 2 is 1.62 bits per heavy atom. The van der Waals surface area contributed by atoms with Crippen molar-refractivity contribution in [2.45, 2.75) is 45.4 Å². The van der Waals surface area contributed by atoms with Crippen LogP contribution < -0.4 is 15.5 Å². The number of anilines is 1. The van der Waals surface area contributed by atoms with E-state index in [0.29, 0.717) is 17.9 Å².